The van der Waals surface area contributed by atoms with Gasteiger partial charge in [-0.05, 0) is 51.1 Å². The largest absolute Gasteiger partial charge is 0.455 e. The summed E-state index contributed by atoms with van der Waals surface area (Å²) >= 11 is 3.45. The molecule has 3 aromatic rings. The van der Waals surface area contributed by atoms with Crippen LogP contribution in [0.2, 0.25) is 0 Å². The molecule has 0 aliphatic carbocycles. The van der Waals surface area contributed by atoms with E-state index < -0.39 is 11.6 Å². The Morgan fingerprint density at radius 1 is 1.17 bits per heavy atom. The van der Waals surface area contributed by atoms with Crippen molar-refractivity contribution >= 4 is 32.8 Å². The smallest absolute Gasteiger partial charge is 0.355 e. The molecule has 0 aliphatic heterocycles. The third kappa shape index (κ3) is 3.27. The first-order valence-electron chi connectivity index (χ1n) is 7.17. The molecule has 0 N–H and O–H groups in total. The molecule has 0 saturated heterocycles. The van der Waals surface area contributed by atoms with E-state index in [1.165, 1.54) is 0 Å². The lowest BCUT2D eigenvalue weighted by Gasteiger charge is -2.19. The van der Waals surface area contributed by atoms with Crippen LogP contribution in [0.1, 0.15) is 31.3 Å². The molecule has 0 radical (unpaired) electrons. The van der Waals surface area contributed by atoms with Crippen molar-refractivity contribution < 1.29 is 9.53 Å². The molecular formula is C17H16BrN3O2. The van der Waals surface area contributed by atoms with E-state index in [4.69, 9.17) is 4.74 Å². The summed E-state index contributed by atoms with van der Waals surface area (Å²) in [7, 11) is 0. The van der Waals surface area contributed by atoms with Crippen molar-refractivity contribution in [2.24, 2.45) is 0 Å². The van der Waals surface area contributed by atoms with Crippen LogP contribution in [-0.2, 0) is 4.74 Å². The zero-order valence-corrected chi connectivity index (χ0v) is 14.7. The highest BCUT2D eigenvalue weighted by Crippen LogP contribution is 2.27. The summed E-state index contributed by atoms with van der Waals surface area (Å²) in [5, 5.41) is 0.910. The molecule has 1 aromatic carbocycles. The molecule has 0 spiro atoms. The van der Waals surface area contributed by atoms with Gasteiger partial charge in [0.15, 0.2) is 0 Å². The van der Waals surface area contributed by atoms with E-state index in [-0.39, 0.29) is 0 Å². The number of nitrogens with zero attached hydrogens (tertiary/aromatic N) is 3. The van der Waals surface area contributed by atoms with E-state index in [2.05, 4.69) is 25.9 Å². The van der Waals surface area contributed by atoms with Crippen LogP contribution in [0.3, 0.4) is 0 Å². The average Bonchev–Trinajstić information content (AvgIpc) is 2.85. The maximum atomic E-state index is 12.6. The Kier molecular flexibility index (Phi) is 3.93. The molecule has 3 rings (SSSR count). The predicted molar refractivity (Wildman–Crippen MR) is 91.7 cm³/mol. The van der Waals surface area contributed by atoms with Gasteiger partial charge in [-0.15, -0.1) is 0 Å². The van der Waals surface area contributed by atoms with Crippen LogP contribution in [0.25, 0.3) is 16.9 Å². The zero-order valence-electron chi connectivity index (χ0n) is 13.1. The molecule has 0 amide bonds. The van der Waals surface area contributed by atoms with Crippen LogP contribution in [0, 0.1) is 0 Å². The second-order valence-corrected chi connectivity index (χ2v) is 7.03. The molecule has 0 fully saturated rings. The van der Waals surface area contributed by atoms with Gasteiger partial charge >= 0.3 is 5.97 Å². The number of aromatic nitrogens is 3. The highest BCUT2D eigenvalue weighted by atomic mass is 79.9. The molecule has 118 valence electrons. The second-order valence-electron chi connectivity index (χ2n) is 6.12. The Morgan fingerprint density at radius 3 is 2.52 bits per heavy atom. The normalized spacial score (nSPS) is 11.7. The minimum absolute atomic E-state index is 0.402. The monoisotopic (exact) mass is 373 g/mol. The van der Waals surface area contributed by atoms with Crippen molar-refractivity contribution in [2.45, 2.75) is 26.4 Å². The summed E-state index contributed by atoms with van der Waals surface area (Å²) in [6.07, 6.45) is 3.29. The van der Waals surface area contributed by atoms with Crippen LogP contribution in [0.4, 0.5) is 0 Å². The Balaban J connectivity index is 2.22. The predicted octanol–water partition coefficient (Wildman–Crippen LogP) is 4.14. The number of esters is 1. The molecular weight excluding hydrogens is 358 g/mol. The highest BCUT2D eigenvalue weighted by molar-refractivity contribution is 9.10. The zero-order chi connectivity index (χ0) is 16.6. The maximum Gasteiger partial charge on any atom is 0.355 e. The number of fused-ring (bicyclic) bond motifs is 1. The van der Waals surface area contributed by atoms with Crippen LogP contribution in [0.15, 0.2) is 47.2 Å². The third-order valence-electron chi connectivity index (χ3n) is 3.12. The minimum Gasteiger partial charge on any atom is -0.455 e. The summed E-state index contributed by atoms with van der Waals surface area (Å²) in [5.41, 5.74) is 0.677. The molecule has 23 heavy (non-hydrogen) atoms. The lowest BCUT2D eigenvalue weighted by Crippen LogP contribution is -2.25. The van der Waals surface area contributed by atoms with Crippen LogP contribution < -0.4 is 0 Å². The first-order valence-corrected chi connectivity index (χ1v) is 7.96. The number of halogens is 1. The fourth-order valence-electron chi connectivity index (χ4n) is 2.29. The topological polar surface area (TPSA) is 57.0 Å². The van der Waals surface area contributed by atoms with Gasteiger partial charge in [0.25, 0.3) is 0 Å². The lowest BCUT2D eigenvalue weighted by atomic mass is 10.2. The molecule has 5 nitrogen and oxygen atoms in total. The van der Waals surface area contributed by atoms with E-state index in [9.17, 15) is 4.79 Å². The van der Waals surface area contributed by atoms with E-state index in [0.29, 0.717) is 11.6 Å². The fraction of sp³-hybridized carbons (Fsp3) is 0.235. The van der Waals surface area contributed by atoms with Gasteiger partial charge in [0.2, 0.25) is 5.95 Å². The standard InChI is InChI=1S/C17H16BrN3O2/c1-17(2,3)23-15(22)14-10-11-9-12(18)5-6-13(11)21(14)16-19-7-4-8-20-16/h4-10H,1-3H3. The summed E-state index contributed by atoms with van der Waals surface area (Å²) in [6, 6.07) is 9.32. The van der Waals surface area contributed by atoms with Crippen LogP contribution in [-0.4, -0.2) is 26.1 Å². The maximum absolute atomic E-state index is 12.6. The minimum atomic E-state index is -0.573. The van der Waals surface area contributed by atoms with Gasteiger partial charge < -0.3 is 4.74 Å². The molecule has 0 aliphatic rings. The van der Waals surface area contributed by atoms with Crippen LogP contribution >= 0.6 is 15.9 Å². The number of carbonyl (C=O) groups excluding carboxylic acids is 1. The Hall–Kier alpha value is -2.21. The van der Waals surface area contributed by atoms with E-state index in [0.717, 1.165) is 15.4 Å². The summed E-state index contributed by atoms with van der Waals surface area (Å²) < 4.78 is 8.17. The van der Waals surface area contributed by atoms with Crippen molar-refractivity contribution in [3.05, 3.63) is 52.9 Å². The Morgan fingerprint density at radius 2 is 1.87 bits per heavy atom. The quantitative estimate of drug-likeness (QED) is 0.633. The van der Waals surface area contributed by atoms with Gasteiger partial charge in [0.05, 0.1) is 5.52 Å². The first-order chi connectivity index (χ1) is 10.8. The van der Waals surface area contributed by atoms with Gasteiger partial charge in [-0.2, -0.15) is 0 Å². The summed E-state index contributed by atoms with van der Waals surface area (Å²) in [6.45, 7) is 5.52. The van der Waals surface area contributed by atoms with Crippen LogP contribution in [0.5, 0.6) is 0 Å². The number of hydrogen-bond donors (Lipinski definition) is 0. The van der Waals surface area contributed by atoms with Gasteiger partial charge in [-0.3, -0.25) is 4.57 Å². The van der Waals surface area contributed by atoms with E-state index in [1.807, 2.05) is 39.0 Å². The van der Waals surface area contributed by atoms with E-state index >= 15 is 0 Å². The van der Waals surface area contributed by atoms with Crippen molar-refractivity contribution in [3.63, 3.8) is 0 Å². The Bertz CT molecular complexity index is 867. The average molecular weight is 374 g/mol. The van der Waals surface area contributed by atoms with Crippen molar-refractivity contribution in [2.75, 3.05) is 0 Å². The third-order valence-corrected chi connectivity index (χ3v) is 3.62. The van der Waals surface area contributed by atoms with Gasteiger partial charge in [0.1, 0.15) is 11.3 Å². The molecule has 0 bridgehead atoms. The molecule has 6 heteroatoms. The van der Waals surface area contributed by atoms with Crippen molar-refractivity contribution in [3.8, 4) is 5.95 Å². The van der Waals surface area contributed by atoms with Crippen molar-refractivity contribution in [1.29, 1.82) is 0 Å². The molecule has 0 unspecified atom stereocenters. The first kappa shape index (κ1) is 15.7. The summed E-state index contributed by atoms with van der Waals surface area (Å²) in [5.74, 6) is 0.0305. The van der Waals surface area contributed by atoms with Gasteiger partial charge in [0, 0.05) is 22.3 Å². The second kappa shape index (κ2) is 5.77. The SMILES string of the molecule is CC(C)(C)OC(=O)c1cc2cc(Br)ccc2n1-c1ncccn1. The number of hydrogen-bond acceptors (Lipinski definition) is 4. The Labute approximate surface area is 142 Å². The van der Waals surface area contributed by atoms with Gasteiger partial charge in [-0.25, -0.2) is 14.8 Å². The fourth-order valence-corrected chi connectivity index (χ4v) is 2.67. The van der Waals surface area contributed by atoms with Gasteiger partial charge in [-0.1, -0.05) is 15.9 Å². The number of rotatable bonds is 2. The van der Waals surface area contributed by atoms with Crippen molar-refractivity contribution in [1.82, 2.24) is 14.5 Å². The molecule has 0 atom stereocenters. The molecule has 0 saturated carbocycles. The molecule has 2 heterocycles. The summed E-state index contributed by atoms with van der Waals surface area (Å²) in [4.78, 5) is 21.1. The number of carbonyl (C=O) groups is 1. The highest BCUT2D eigenvalue weighted by Gasteiger charge is 2.24. The van der Waals surface area contributed by atoms with E-state index in [1.54, 1.807) is 29.1 Å². The lowest BCUT2D eigenvalue weighted by molar-refractivity contribution is 0.00607. The molecule has 2 aromatic heterocycles. The number of benzene rings is 1. The number of ether oxygens (including phenoxy) is 1.